The van der Waals surface area contributed by atoms with Crippen LogP contribution in [0, 0.1) is 6.92 Å². The zero-order valence-corrected chi connectivity index (χ0v) is 13.4. The molecule has 0 saturated carbocycles. The predicted molar refractivity (Wildman–Crippen MR) is 84.5 cm³/mol. The maximum Gasteiger partial charge on any atom is 0.126 e. The van der Waals surface area contributed by atoms with Crippen molar-refractivity contribution in [1.82, 2.24) is 24.8 Å². The molecule has 0 unspecified atom stereocenters. The number of nitrogens with zero attached hydrogens (tertiary/aromatic N) is 3. The molecule has 6 heteroatoms. The first kappa shape index (κ1) is 15.2. The number of nitrogens with one attached hydrogen (secondary N) is 2. The van der Waals surface area contributed by atoms with Crippen molar-refractivity contribution in [3.63, 3.8) is 0 Å². The molecule has 120 valence electrons. The molecule has 1 fully saturated rings. The van der Waals surface area contributed by atoms with Crippen LogP contribution in [0.5, 0.6) is 0 Å². The van der Waals surface area contributed by atoms with Crippen LogP contribution in [0.4, 0.5) is 0 Å². The van der Waals surface area contributed by atoms with Gasteiger partial charge in [0, 0.05) is 43.3 Å². The summed E-state index contributed by atoms with van der Waals surface area (Å²) >= 11 is 0. The Morgan fingerprint density at radius 2 is 2.23 bits per heavy atom. The van der Waals surface area contributed by atoms with Gasteiger partial charge in [-0.05, 0) is 13.3 Å². The van der Waals surface area contributed by atoms with E-state index in [0.717, 1.165) is 43.5 Å². The van der Waals surface area contributed by atoms with E-state index >= 15 is 0 Å². The molecular formula is C16H25N5O. The fourth-order valence-corrected chi connectivity index (χ4v) is 2.86. The topological polar surface area (TPSA) is 69.8 Å². The van der Waals surface area contributed by atoms with Gasteiger partial charge in [0.2, 0.25) is 0 Å². The minimum absolute atomic E-state index is 0.185. The van der Waals surface area contributed by atoms with Gasteiger partial charge < -0.3 is 14.7 Å². The molecule has 22 heavy (non-hydrogen) atoms. The average Bonchev–Trinajstić information content (AvgIpc) is 3.15. The Kier molecular flexibility index (Phi) is 4.90. The second kappa shape index (κ2) is 7.07. The van der Waals surface area contributed by atoms with Gasteiger partial charge in [-0.25, -0.2) is 9.97 Å². The first-order valence-corrected chi connectivity index (χ1v) is 8.12. The number of unbranched alkanes of at least 4 members (excludes halogenated alkanes) is 1. The number of aromatic amines is 2. The second-order valence-corrected chi connectivity index (χ2v) is 5.97. The molecule has 0 aliphatic carbocycles. The van der Waals surface area contributed by atoms with E-state index in [1.165, 1.54) is 18.5 Å². The van der Waals surface area contributed by atoms with Gasteiger partial charge in [-0.2, -0.15) is 0 Å². The minimum Gasteiger partial charge on any atom is -0.378 e. The average molecular weight is 303 g/mol. The Hall–Kier alpha value is -1.66. The summed E-state index contributed by atoms with van der Waals surface area (Å²) in [7, 11) is 0. The fourth-order valence-electron chi connectivity index (χ4n) is 2.86. The molecule has 0 amide bonds. The molecule has 2 aromatic rings. The highest BCUT2D eigenvalue weighted by Gasteiger charge is 2.27. The summed E-state index contributed by atoms with van der Waals surface area (Å²) in [6.07, 6.45) is 7.24. The van der Waals surface area contributed by atoms with Crippen molar-refractivity contribution in [2.45, 2.75) is 45.7 Å². The van der Waals surface area contributed by atoms with Crippen LogP contribution in [0.1, 0.15) is 48.8 Å². The van der Waals surface area contributed by atoms with Crippen LogP contribution in [0.3, 0.4) is 0 Å². The van der Waals surface area contributed by atoms with E-state index in [1.807, 2.05) is 19.3 Å². The summed E-state index contributed by atoms with van der Waals surface area (Å²) < 4.78 is 5.64. The molecule has 2 aromatic heterocycles. The van der Waals surface area contributed by atoms with Crippen molar-refractivity contribution < 1.29 is 4.74 Å². The van der Waals surface area contributed by atoms with Crippen LogP contribution < -0.4 is 0 Å². The first-order chi connectivity index (χ1) is 10.8. The zero-order valence-electron chi connectivity index (χ0n) is 13.4. The number of ether oxygens (including phenoxy) is 1. The number of H-pyrrole nitrogens is 2. The van der Waals surface area contributed by atoms with E-state index in [2.05, 4.69) is 31.8 Å². The fraction of sp³-hybridized carbons (Fsp3) is 0.625. The third-order valence-corrected chi connectivity index (χ3v) is 4.10. The number of rotatable bonds is 6. The van der Waals surface area contributed by atoms with Crippen molar-refractivity contribution >= 4 is 0 Å². The summed E-state index contributed by atoms with van der Waals surface area (Å²) in [4.78, 5) is 18.1. The Morgan fingerprint density at radius 3 is 3.00 bits per heavy atom. The summed E-state index contributed by atoms with van der Waals surface area (Å²) in [6.45, 7) is 7.45. The molecule has 1 saturated heterocycles. The molecule has 2 N–H and O–H groups in total. The lowest BCUT2D eigenvalue weighted by Gasteiger charge is -2.33. The van der Waals surface area contributed by atoms with Crippen LogP contribution in [-0.2, 0) is 17.7 Å². The summed E-state index contributed by atoms with van der Waals surface area (Å²) in [5, 5.41) is 0. The Bertz CT molecular complexity index is 591. The highest BCUT2D eigenvalue weighted by Crippen LogP contribution is 2.23. The SMILES string of the molecule is CCCCc1ncc(CN2CCOC[C@@H]2c2ncc(C)[nH]2)[nH]1. The summed E-state index contributed by atoms with van der Waals surface area (Å²) in [5.74, 6) is 2.08. The quantitative estimate of drug-likeness (QED) is 0.859. The third-order valence-electron chi connectivity index (χ3n) is 4.10. The van der Waals surface area contributed by atoms with E-state index in [4.69, 9.17) is 4.74 Å². The maximum atomic E-state index is 5.64. The van der Waals surface area contributed by atoms with Crippen molar-refractivity contribution in [3.8, 4) is 0 Å². The number of hydrogen-bond donors (Lipinski definition) is 2. The molecule has 0 radical (unpaired) electrons. The minimum atomic E-state index is 0.185. The molecule has 0 aromatic carbocycles. The van der Waals surface area contributed by atoms with Crippen LogP contribution in [0.2, 0.25) is 0 Å². The van der Waals surface area contributed by atoms with Crippen LogP contribution >= 0.6 is 0 Å². The number of aryl methyl sites for hydroxylation is 2. The van der Waals surface area contributed by atoms with Crippen LogP contribution in [0.25, 0.3) is 0 Å². The van der Waals surface area contributed by atoms with Crippen LogP contribution in [0.15, 0.2) is 12.4 Å². The van der Waals surface area contributed by atoms with Gasteiger partial charge in [0.05, 0.1) is 19.3 Å². The lowest BCUT2D eigenvalue weighted by Crippen LogP contribution is -2.39. The molecule has 0 spiro atoms. The van der Waals surface area contributed by atoms with E-state index in [9.17, 15) is 0 Å². The molecule has 0 bridgehead atoms. The molecule has 6 nitrogen and oxygen atoms in total. The molecule has 1 atom stereocenters. The van der Waals surface area contributed by atoms with E-state index < -0.39 is 0 Å². The van der Waals surface area contributed by atoms with Crippen LogP contribution in [-0.4, -0.2) is 44.6 Å². The molecule has 3 rings (SSSR count). The van der Waals surface area contributed by atoms with Crippen molar-refractivity contribution in [3.05, 3.63) is 35.4 Å². The molecular weight excluding hydrogens is 278 g/mol. The monoisotopic (exact) mass is 303 g/mol. The first-order valence-electron chi connectivity index (χ1n) is 8.12. The van der Waals surface area contributed by atoms with Gasteiger partial charge in [0.15, 0.2) is 0 Å². The summed E-state index contributed by atoms with van der Waals surface area (Å²) in [6, 6.07) is 0.185. The third kappa shape index (κ3) is 3.56. The van der Waals surface area contributed by atoms with Crippen molar-refractivity contribution in [2.24, 2.45) is 0 Å². The lowest BCUT2D eigenvalue weighted by molar-refractivity contribution is -0.0161. The van der Waals surface area contributed by atoms with Crippen molar-refractivity contribution in [1.29, 1.82) is 0 Å². The second-order valence-electron chi connectivity index (χ2n) is 5.97. The number of aromatic nitrogens is 4. The smallest absolute Gasteiger partial charge is 0.126 e. The molecule has 1 aliphatic rings. The van der Waals surface area contributed by atoms with Crippen molar-refractivity contribution in [2.75, 3.05) is 19.8 Å². The van der Waals surface area contributed by atoms with Gasteiger partial charge in [-0.3, -0.25) is 4.90 Å². The lowest BCUT2D eigenvalue weighted by atomic mass is 10.2. The van der Waals surface area contributed by atoms with Gasteiger partial charge in [0.1, 0.15) is 11.6 Å². The Balaban J connectivity index is 1.67. The normalized spacial score (nSPS) is 19.6. The standard InChI is InChI=1S/C16H25N5O/c1-3-4-5-15-17-9-13(20-15)10-21-6-7-22-11-14(21)16-18-8-12(2)19-16/h8-9,14H,3-7,10-11H2,1-2H3,(H,17,20)(H,18,19)/t14-/m1/s1. The molecule has 1 aliphatic heterocycles. The van der Waals surface area contributed by atoms with Gasteiger partial charge in [-0.1, -0.05) is 13.3 Å². The largest absolute Gasteiger partial charge is 0.378 e. The zero-order chi connectivity index (χ0) is 15.4. The highest BCUT2D eigenvalue weighted by atomic mass is 16.5. The predicted octanol–water partition coefficient (Wildman–Crippen LogP) is 2.36. The van der Waals surface area contributed by atoms with Gasteiger partial charge in [0.25, 0.3) is 0 Å². The van der Waals surface area contributed by atoms with Gasteiger partial charge in [-0.15, -0.1) is 0 Å². The Morgan fingerprint density at radius 1 is 1.32 bits per heavy atom. The highest BCUT2D eigenvalue weighted by molar-refractivity contribution is 5.07. The van der Waals surface area contributed by atoms with E-state index in [-0.39, 0.29) is 6.04 Å². The van der Waals surface area contributed by atoms with E-state index in [1.54, 1.807) is 0 Å². The maximum absolute atomic E-state index is 5.64. The Labute approximate surface area is 131 Å². The molecule has 3 heterocycles. The number of hydrogen-bond acceptors (Lipinski definition) is 4. The number of imidazole rings is 2. The summed E-state index contributed by atoms with van der Waals surface area (Å²) in [5.41, 5.74) is 2.25. The van der Waals surface area contributed by atoms with Gasteiger partial charge >= 0.3 is 0 Å². The number of morpholine rings is 1. The van der Waals surface area contributed by atoms with E-state index in [0.29, 0.717) is 6.61 Å².